The third kappa shape index (κ3) is 4.82. The fraction of sp³-hybridized carbons (Fsp3) is 0.125. The number of allylic oxidation sites excluding steroid dienone is 1. The van der Waals surface area contributed by atoms with Gasteiger partial charge in [0, 0.05) is 6.08 Å². The predicted molar refractivity (Wildman–Crippen MR) is 76.9 cm³/mol. The zero-order valence-electron chi connectivity index (χ0n) is 11.9. The van der Waals surface area contributed by atoms with Gasteiger partial charge in [0.25, 0.3) is 0 Å². The van der Waals surface area contributed by atoms with Crippen LogP contribution < -0.4 is 0 Å². The maximum atomic E-state index is 11.9. The van der Waals surface area contributed by atoms with Crippen LogP contribution in [-0.2, 0) is 19.1 Å². The van der Waals surface area contributed by atoms with Gasteiger partial charge in [0.15, 0.2) is 0 Å². The topological polar surface area (TPSA) is 86.7 Å². The lowest BCUT2D eigenvalue weighted by molar-refractivity contribution is -0.137. The Morgan fingerprint density at radius 3 is 2.09 bits per heavy atom. The fourth-order valence-electron chi connectivity index (χ4n) is 1.47. The second-order valence-corrected chi connectivity index (χ2v) is 4.01. The van der Waals surface area contributed by atoms with Crippen LogP contribution in [0.15, 0.2) is 49.1 Å². The number of benzene rings is 1. The van der Waals surface area contributed by atoms with E-state index in [0.717, 1.165) is 6.08 Å². The van der Waals surface area contributed by atoms with E-state index >= 15 is 0 Å². The van der Waals surface area contributed by atoms with Crippen molar-refractivity contribution in [2.45, 2.75) is 13.3 Å². The Labute approximate surface area is 127 Å². The highest BCUT2D eigenvalue weighted by molar-refractivity contribution is 6.08. The van der Waals surface area contributed by atoms with Crippen molar-refractivity contribution in [2.75, 3.05) is 0 Å². The van der Waals surface area contributed by atoms with Gasteiger partial charge >= 0.3 is 23.9 Å². The van der Waals surface area contributed by atoms with Crippen molar-refractivity contribution in [3.8, 4) is 0 Å². The highest BCUT2D eigenvalue weighted by Crippen LogP contribution is 2.12. The molecule has 1 aromatic rings. The van der Waals surface area contributed by atoms with Crippen LogP contribution in [0.5, 0.6) is 0 Å². The van der Waals surface area contributed by atoms with E-state index in [2.05, 4.69) is 16.1 Å². The lowest BCUT2D eigenvalue weighted by atomic mass is 10.1. The summed E-state index contributed by atoms with van der Waals surface area (Å²) in [6.45, 7) is 4.93. The van der Waals surface area contributed by atoms with Crippen LogP contribution >= 0.6 is 0 Å². The molecule has 0 amide bonds. The Kier molecular flexibility index (Phi) is 6.43. The van der Waals surface area contributed by atoms with E-state index < -0.39 is 23.9 Å². The van der Waals surface area contributed by atoms with Crippen molar-refractivity contribution in [2.24, 2.45) is 0 Å². The van der Waals surface area contributed by atoms with Gasteiger partial charge in [-0.3, -0.25) is 4.79 Å². The molecule has 0 radical (unpaired) electrons. The summed E-state index contributed by atoms with van der Waals surface area (Å²) in [5.74, 6) is -3.67. The fourth-order valence-corrected chi connectivity index (χ4v) is 1.47. The highest BCUT2D eigenvalue weighted by Gasteiger charge is 2.22. The molecule has 0 unspecified atom stereocenters. The summed E-state index contributed by atoms with van der Waals surface area (Å²) in [6.07, 6.45) is 3.61. The van der Waals surface area contributed by atoms with Gasteiger partial charge in [0.05, 0.1) is 17.5 Å². The van der Waals surface area contributed by atoms with Gasteiger partial charge in [-0.15, -0.1) is 6.58 Å². The number of carbonyl (C=O) groups is 4. The summed E-state index contributed by atoms with van der Waals surface area (Å²) in [7, 11) is 0. The lowest BCUT2D eigenvalue weighted by Gasteiger charge is -2.07. The van der Waals surface area contributed by atoms with Gasteiger partial charge in [-0.2, -0.15) is 0 Å². The van der Waals surface area contributed by atoms with E-state index in [4.69, 9.17) is 0 Å². The zero-order chi connectivity index (χ0) is 16.5. The SMILES string of the molecule is C=CCC(=O)OC(=O)c1ccccc1C(=O)OC(=O)C=CC. The van der Waals surface area contributed by atoms with Crippen LogP contribution in [0.25, 0.3) is 0 Å². The number of hydrogen-bond donors (Lipinski definition) is 0. The van der Waals surface area contributed by atoms with E-state index in [1.165, 1.54) is 36.4 Å². The monoisotopic (exact) mass is 302 g/mol. The Morgan fingerprint density at radius 2 is 1.59 bits per heavy atom. The van der Waals surface area contributed by atoms with Crippen molar-refractivity contribution >= 4 is 23.9 Å². The molecule has 0 heterocycles. The first-order valence-electron chi connectivity index (χ1n) is 6.33. The zero-order valence-corrected chi connectivity index (χ0v) is 11.9. The second kappa shape index (κ2) is 8.31. The number of esters is 4. The Bertz CT molecular complexity index is 642. The first kappa shape index (κ1) is 17.0. The van der Waals surface area contributed by atoms with Gasteiger partial charge in [-0.1, -0.05) is 24.3 Å². The van der Waals surface area contributed by atoms with Gasteiger partial charge in [-0.25, -0.2) is 14.4 Å². The van der Waals surface area contributed by atoms with Crippen molar-refractivity contribution in [3.05, 3.63) is 60.2 Å². The summed E-state index contributed by atoms with van der Waals surface area (Å²) >= 11 is 0. The minimum Gasteiger partial charge on any atom is -0.389 e. The minimum atomic E-state index is -1.01. The standard InChI is InChI=1S/C16H14O6/c1-3-7-13(17)21-15(19)11-9-5-6-10-12(11)16(20)22-14(18)8-4-2/h3-6,8-10H,1,7H2,2H3. The maximum absolute atomic E-state index is 11.9. The normalized spacial score (nSPS) is 10.0. The quantitative estimate of drug-likeness (QED) is 0.359. The molecule has 0 aliphatic heterocycles. The van der Waals surface area contributed by atoms with Crippen LogP contribution in [0.4, 0.5) is 0 Å². The Hall–Kier alpha value is -3.02. The molecule has 1 rings (SSSR count). The van der Waals surface area contributed by atoms with Crippen molar-refractivity contribution in [1.82, 2.24) is 0 Å². The lowest BCUT2D eigenvalue weighted by Crippen LogP contribution is -2.18. The first-order chi connectivity index (χ1) is 10.5. The summed E-state index contributed by atoms with van der Waals surface area (Å²) in [5, 5.41) is 0. The van der Waals surface area contributed by atoms with Crippen LogP contribution in [0.3, 0.4) is 0 Å². The van der Waals surface area contributed by atoms with E-state index in [1.807, 2.05) is 0 Å². The maximum Gasteiger partial charge on any atom is 0.346 e. The number of ether oxygens (including phenoxy) is 2. The van der Waals surface area contributed by atoms with E-state index in [1.54, 1.807) is 6.92 Å². The minimum absolute atomic E-state index is 0.141. The van der Waals surface area contributed by atoms with Crippen LogP contribution in [-0.4, -0.2) is 23.9 Å². The summed E-state index contributed by atoms with van der Waals surface area (Å²) in [4.78, 5) is 46.3. The van der Waals surface area contributed by atoms with Gasteiger partial charge in [-0.05, 0) is 19.1 Å². The van der Waals surface area contributed by atoms with Gasteiger partial charge in [0.1, 0.15) is 0 Å². The molecule has 0 saturated carbocycles. The van der Waals surface area contributed by atoms with Crippen LogP contribution in [0.2, 0.25) is 0 Å². The second-order valence-electron chi connectivity index (χ2n) is 4.01. The molecule has 0 bridgehead atoms. The number of hydrogen-bond acceptors (Lipinski definition) is 6. The van der Waals surface area contributed by atoms with Crippen LogP contribution in [0, 0.1) is 0 Å². The molecule has 6 nitrogen and oxygen atoms in total. The summed E-state index contributed by atoms with van der Waals surface area (Å²) < 4.78 is 9.11. The molecule has 22 heavy (non-hydrogen) atoms. The average molecular weight is 302 g/mol. The molecule has 0 aromatic heterocycles. The molecule has 0 N–H and O–H groups in total. The predicted octanol–water partition coefficient (Wildman–Crippen LogP) is 2.21. The van der Waals surface area contributed by atoms with E-state index in [9.17, 15) is 19.2 Å². The molecule has 0 aliphatic rings. The molecule has 114 valence electrons. The first-order valence-corrected chi connectivity index (χ1v) is 6.33. The highest BCUT2D eigenvalue weighted by atomic mass is 16.6. The number of rotatable bonds is 5. The molecule has 6 heteroatoms. The summed E-state index contributed by atoms with van der Waals surface area (Å²) in [5.41, 5.74) is -0.338. The van der Waals surface area contributed by atoms with Crippen molar-refractivity contribution in [1.29, 1.82) is 0 Å². The van der Waals surface area contributed by atoms with E-state index in [-0.39, 0.29) is 17.5 Å². The molecule has 1 aromatic carbocycles. The number of carbonyl (C=O) groups excluding carboxylic acids is 4. The molecule has 0 aliphatic carbocycles. The molecular formula is C16H14O6. The van der Waals surface area contributed by atoms with Crippen molar-refractivity contribution < 1.29 is 28.7 Å². The van der Waals surface area contributed by atoms with Crippen LogP contribution in [0.1, 0.15) is 34.1 Å². The van der Waals surface area contributed by atoms with Gasteiger partial charge in [0.2, 0.25) is 0 Å². The molecule has 0 fully saturated rings. The van der Waals surface area contributed by atoms with Crippen molar-refractivity contribution in [3.63, 3.8) is 0 Å². The molecule has 0 saturated heterocycles. The average Bonchev–Trinajstić information content (AvgIpc) is 2.47. The smallest absolute Gasteiger partial charge is 0.346 e. The molecule has 0 spiro atoms. The Balaban J connectivity index is 2.96. The largest absolute Gasteiger partial charge is 0.389 e. The third-order valence-electron chi connectivity index (χ3n) is 2.38. The molecule has 0 atom stereocenters. The van der Waals surface area contributed by atoms with Gasteiger partial charge < -0.3 is 9.47 Å². The summed E-state index contributed by atoms with van der Waals surface area (Å²) in [6, 6.07) is 5.55. The Morgan fingerprint density at radius 1 is 1.05 bits per heavy atom. The third-order valence-corrected chi connectivity index (χ3v) is 2.38. The van der Waals surface area contributed by atoms with E-state index in [0.29, 0.717) is 0 Å². The molecular weight excluding hydrogens is 288 g/mol.